The predicted octanol–water partition coefficient (Wildman–Crippen LogP) is -1.28. The second-order valence-electron chi connectivity index (χ2n) is 5.26. The van der Waals surface area contributed by atoms with E-state index in [0.717, 1.165) is 51.5 Å². The molecule has 21 heavy (non-hydrogen) atoms. The summed E-state index contributed by atoms with van der Waals surface area (Å²) >= 11 is 0. The molecule has 0 spiro atoms. The fourth-order valence-electron chi connectivity index (χ4n) is 2.48. The fraction of sp³-hybridized carbons (Fsp3) is 0.467. The molecule has 1 aromatic heterocycles. The zero-order valence-corrected chi connectivity index (χ0v) is 12.1. The number of nitrogens with zero attached hydrogens (tertiary/aromatic N) is 2. The van der Waals surface area contributed by atoms with Crippen LogP contribution >= 0.6 is 0 Å². The van der Waals surface area contributed by atoms with E-state index >= 15 is 0 Å². The standard InChI is InChI=1S/C15H20N4O2/c1-2-4-13(5-3-1)15-18-17-14(21-15)12-16-6-7-19-8-10-20-11-9-19/h1-5,16H,6-12H2/p+2. The van der Waals surface area contributed by atoms with E-state index in [2.05, 4.69) is 15.5 Å². The molecule has 6 nitrogen and oxygen atoms in total. The summed E-state index contributed by atoms with van der Waals surface area (Å²) in [6.45, 7) is 6.98. The van der Waals surface area contributed by atoms with Crippen molar-refractivity contribution in [2.75, 3.05) is 39.4 Å². The van der Waals surface area contributed by atoms with Crippen molar-refractivity contribution in [1.29, 1.82) is 0 Å². The fourth-order valence-corrected chi connectivity index (χ4v) is 2.48. The molecule has 0 atom stereocenters. The normalized spacial score (nSPS) is 16.2. The number of nitrogens with two attached hydrogens (primary N) is 1. The van der Waals surface area contributed by atoms with Crippen LogP contribution in [0.25, 0.3) is 11.5 Å². The van der Waals surface area contributed by atoms with Crippen LogP contribution in [0.4, 0.5) is 0 Å². The number of ether oxygens (including phenoxy) is 1. The maximum absolute atomic E-state index is 5.68. The molecule has 0 radical (unpaired) electrons. The molecular formula is C15H22N4O2+2. The van der Waals surface area contributed by atoms with E-state index in [1.54, 1.807) is 4.90 Å². The monoisotopic (exact) mass is 290 g/mol. The number of hydrogen-bond donors (Lipinski definition) is 2. The van der Waals surface area contributed by atoms with Crippen LogP contribution in [-0.2, 0) is 11.3 Å². The van der Waals surface area contributed by atoms with Crippen molar-refractivity contribution < 1.29 is 19.4 Å². The number of rotatable bonds is 6. The van der Waals surface area contributed by atoms with Gasteiger partial charge in [-0.15, -0.1) is 10.2 Å². The highest BCUT2D eigenvalue weighted by molar-refractivity contribution is 5.51. The van der Waals surface area contributed by atoms with Gasteiger partial charge in [0.1, 0.15) is 26.2 Å². The molecule has 0 unspecified atom stereocenters. The number of benzene rings is 1. The highest BCUT2D eigenvalue weighted by atomic mass is 16.5. The Morgan fingerprint density at radius 3 is 2.71 bits per heavy atom. The lowest BCUT2D eigenvalue weighted by Gasteiger charge is -2.22. The molecule has 3 rings (SSSR count). The van der Waals surface area contributed by atoms with Crippen LogP contribution in [0, 0.1) is 0 Å². The third kappa shape index (κ3) is 4.10. The van der Waals surface area contributed by atoms with Gasteiger partial charge in [-0.3, -0.25) is 0 Å². The molecule has 6 heteroatoms. The van der Waals surface area contributed by atoms with Crippen molar-refractivity contribution >= 4 is 0 Å². The first-order valence-corrected chi connectivity index (χ1v) is 7.52. The van der Waals surface area contributed by atoms with Crippen molar-refractivity contribution in [2.45, 2.75) is 6.54 Å². The number of nitrogens with one attached hydrogen (secondary N) is 1. The Labute approximate surface area is 124 Å². The lowest BCUT2D eigenvalue weighted by molar-refractivity contribution is -0.920. The van der Waals surface area contributed by atoms with Crippen LogP contribution in [0.5, 0.6) is 0 Å². The van der Waals surface area contributed by atoms with Gasteiger partial charge in [0, 0.05) is 5.56 Å². The van der Waals surface area contributed by atoms with Gasteiger partial charge in [-0.2, -0.15) is 0 Å². The van der Waals surface area contributed by atoms with Crippen LogP contribution in [0.1, 0.15) is 5.89 Å². The minimum absolute atomic E-state index is 0.595. The molecule has 2 heterocycles. The van der Waals surface area contributed by atoms with E-state index in [-0.39, 0.29) is 0 Å². The second-order valence-corrected chi connectivity index (χ2v) is 5.26. The number of quaternary nitrogens is 2. The van der Waals surface area contributed by atoms with Crippen LogP contribution in [0.2, 0.25) is 0 Å². The Kier molecular flexibility index (Phi) is 4.94. The summed E-state index contributed by atoms with van der Waals surface area (Å²) in [6, 6.07) is 9.86. The van der Waals surface area contributed by atoms with E-state index in [0.29, 0.717) is 11.8 Å². The van der Waals surface area contributed by atoms with Crippen molar-refractivity contribution in [2.24, 2.45) is 0 Å². The minimum atomic E-state index is 0.595. The third-order valence-electron chi connectivity index (χ3n) is 3.71. The highest BCUT2D eigenvalue weighted by Crippen LogP contribution is 2.16. The summed E-state index contributed by atoms with van der Waals surface area (Å²) in [6.07, 6.45) is 0. The number of aromatic nitrogens is 2. The van der Waals surface area contributed by atoms with Gasteiger partial charge in [0.15, 0.2) is 6.54 Å². The minimum Gasteiger partial charge on any atom is -0.415 e. The topological polar surface area (TPSA) is 69.2 Å². The zero-order valence-electron chi connectivity index (χ0n) is 12.1. The summed E-state index contributed by atoms with van der Waals surface area (Å²) in [5.41, 5.74) is 0.967. The first-order chi connectivity index (χ1) is 10.4. The second kappa shape index (κ2) is 7.31. The van der Waals surface area contributed by atoms with Gasteiger partial charge in [0.05, 0.1) is 13.2 Å². The average molecular weight is 290 g/mol. The van der Waals surface area contributed by atoms with Crippen LogP contribution < -0.4 is 10.2 Å². The first-order valence-electron chi connectivity index (χ1n) is 7.52. The van der Waals surface area contributed by atoms with Gasteiger partial charge in [0.2, 0.25) is 5.89 Å². The molecule has 2 aromatic rings. The molecule has 0 aliphatic carbocycles. The Bertz CT molecular complexity index is 538. The lowest BCUT2D eigenvalue weighted by Crippen LogP contribution is -3.16. The van der Waals surface area contributed by atoms with Gasteiger partial charge >= 0.3 is 0 Å². The Morgan fingerprint density at radius 1 is 1.10 bits per heavy atom. The van der Waals surface area contributed by atoms with E-state index in [9.17, 15) is 0 Å². The largest absolute Gasteiger partial charge is 0.415 e. The van der Waals surface area contributed by atoms with Crippen LogP contribution in [-0.4, -0.2) is 49.6 Å². The molecule has 1 fully saturated rings. The van der Waals surface area contributed by atoms with E-state index in [4.69, 9.17) is 9.15 Å². The average Bonchev–Trinajstić information content (AvgIpc) is 3.02. The first kappa shape index (κ1) is 14.2. The van der Waals surface area contributed by atoms with Crippen LogP contribution in [0.3, 0.4) is 0 Å². The molecule has 1 aromatic carbocycles. The quantitative estimate of drug-likeness (QED) is 0.650. The molecule has 0 amide bonds. The third-order valence-corrected chi connectivity index (χ3v) is 3.71. The van der Waals surface area contributed by atoms with E-state index < -0.39 is 0 Å². The summed E-state index contributed by atoms with van der Waals surface area (Å²) in [4.78, 5) is 1.62. The molecular weight excluding hydrogens is 268 g/mol. The molecule has 1 saturated heterocycles. The smallest absolute Gasteiger partial charge is 0.271 e. The summed E-state index contributed by atoms with van der Waals surface area (Å²) < 4.78 is 11.0. The van der Waals surface area contributed by atoms with E-state index in [1.165, 1.54) is 0 Å². The van der Waals surface area contributed by atoms with Crippen molar-refractivity contribution in [3.8, 4) is 11.5 Å². The van der Waals surface area contributed by atoms with Gasteiger partial charge in [-0.05, 0) is 12.1 Å². The molecule has 112 valence electrons. The van der Waals surface area contributed by atoms with Gasteiger partial charge in [-0.25, -0.2) is 0 Å². The van der Waals surface area contributed by atoms with Crippen molar-refractivity contribution in [3.05, 3.63) is 36.2 Å². The van der Waals surface area contributed by atoms with Gasteiger partial charge < -0.3 is 19.4 Å². The molecule has 3 N–H and O–H groups in total. The van der Waals surface area contributed by atoms with Gasteiger partial charge in [-0.1, -0.05) is 18.2 Å². The predicted molar refractivity (Wildman–Crippen MR) is 76.6 cm³/mol. The van der Waals surface area contributed by atoms with E-state index in [1.807, 2.05) is 30.3 Å². The zero-order chi connectivity index (χ0) is 14.3. The Balaban J connectivity index is 1.42. The Hall–Kier alpha value is -1.76. The maximum Gasteiger partial charge on any atom is 0.271 e. The lowest BCUT2D eigenvalue weighted by atomic mass is 10.2. The summed E-state index contributed by atoms with van der Waals surface area (Å²) in [5, 5.41) is 10.4. The van der Waals surface area contributed by atoms with Crippen LogP contribution in [0.15, 0.2) is 34.7 Å². The molecule has 1 aliphatic heterocycles. The Morgan fingerprint density at radius 2 is 1.90 bits per heavy atom. The SMILES string of the molecule is c1ccc(-c2nnc(C[NH2+]CC[NH+]3CCOCC3)o2)cc1. The number of hydrogen-bond acceptors (Lipinski definition) is 4. The van der Waals surface area contributed by atoms with Crippen molar-refractivity contribution in [1.82, 2.24) is 10.2 Å². The highest BCUT2D eigenvalue weighted by Gasteiger charge is 2.14. The van der Waals surface area contributed by atoms with Crippen molar-refractivity contribution in [3.63, 3.8) is 0 Å². The summed E-state index contributed by atoms with van der Waals surface area (Å²) in [5.74, 6) is 1.28. The maximum atomic E-state index is 5.68. The molecule has 0 saturated carbocycles. The summed E-state index contributed by atoms with van der Waals surface area (Å²) in [7, 11) is 0. The van der Waals surface area contributed by atoms with Gasteiger partial charge in [0.25, 0.3) is 5.89 Å². The molecule has 0 bridgehead atoms. The number of morpholine rings is 1. The molecule has 1 aliphatic rings.